The first kappa shape index (κ1) is 30.4. The molecular formula is C30H39FN8O. The maximum Gasteiger partial charge on any atom is 0.212 e. The highest BCUT2D eigenvalue weighted by molar-refractivity contribution is 5.69. The van der Waals surface area contributed by atoms with Crippen molar-refractivity contribution in [1.29, 1.82) is 0 Å². The average molecular weight is 547 g/mol. The van der Waals surface area contributed by atoms with Gasteiger partial charge in [0.15, 0.2) is 0 Å². The van der Waals surface area contributed by atoms with Crippen molar-refractivity contribution < 1.29 is 9.23 Å². The van der Waals surface area contributed by atoms with Crippen LogP contribution in [0.4, 0.5) is 10.2 Å². The summed E-state index contributed by atoms with van der Waals surface area (Å²) in [4.78, 5) is 17.3. The zero-order valence-corrected chi connectivity index (χ0v) is 23.7. The van der Waals surface area contributed by atoms with Gasteiger partial charge in [-0.25, -0.2) is 19.6 Å². The Hall–Kier alpha value is -4.15. The van der Waals surface area contributed by atoms with E-state index in [-0.39, 0.29) is 0 Å². The molecule has 0 unspecified atom stereocenters. The highest BCUT2D eigenvalue weighted by Gasteiger charge is 2.21. The van der Waals surface area contributed by atoms with Gasteiger partial charge in [0, 0.05) is 49.9 Å². The van der Waals surface area contributed by atoms with E-state index in [1.54, 1.807) is 18.3 Å². The number of halogens is 1. The van der Waals surface area contributed by atoms with Crippen molar-refractivity contribution in [2.75, 3.05) is 32.1 Å². The Balaban J connectivity index is 0.000000194. The lowest BCUT2D eigenvalue weighted by Crippen LogP contribution is -2.30. The quantitative estimate of drug-likeness (QED) is 0.286. The minimum absolute atomic E-state index is 0.428. The first-order valence-corrected chi connectivity index (χ1v) is 13.4. The van der Waals surface area contributed by atoms with Crippen LogP contribution >= 0.6 is 0 Å². The van der Waals surface area contributed by atoms with Crippen molar-refractivity contribution in [2.45, 2.75) is 39.7 Å². The molecule has 0 amide bonds. The molecule has 9 nitrogen and oxygen atoms in total. The first-order valence-electron chi connectivity index (χ1n) is 13.4. The molecule has 1 aliphatic rings. The van der Waals surface area contributed by atoms with E-state index < -0.39 is 5.95 Å². The van der Waals surface area contributed by atoms with E-state index in [1.165, 1.54) is 25.1 Å². The topological polar surface area (TPSA) is 93.0 Å². The van der Waals surface area contributed by atoms with Crippen LogP contribution in [0, 0.1) is 19.8 Å². The van der Waals surface area contributed by atoms with Crippen LogP contribution in [0.3, 0.4) is 0 Å². The normalized spacial score (nSPS) is 14.4. The Morgan fingerprint density at radius 1 is 1.07 bits per heavy atom. The number of hydroxylamine groups is 2. The van der Waals surface area contributed by atoms with Gasteiger partial charge in [-0.05, 0) is 50.7 Å². The number of aryl methyl sites for hydroxylation is 1. The van der Waals surface area contributed by atoms with Crippen molar-refractivity contribution in [1.82, 2.24) is 35.1 Å². The minimum Gasteiger partial charge on any atom is -0.385 e. The van der Waals surface area contributed by atoms with Gasteiger partial charge in [-0.3, -0.25) is 4.84 Å². The minimum atomic E-state index is -0.428. The monoisotopic (exact) mass is 546 g/mol. The Morgan fingerprint density at radius 2 is 1.80 bits per heavy atom. The second kappa shape index (κ2) is 16.1. The summed E-state index contributed by atoms with van der Waals surface area (Å²) in [6, 6.07) is 15.1. The Labute approximate surface area is 236 Å². The number of aromatic nitrogens is 5. The number of benzene rings is 1. The smallest absolute Gasteiger partial charge is 0.212 e. The molecule has 10 heteroatoms. The lowest BCUT2D eigenvalue weighted by Gasteiger charge is -2.12. The van der Waals surface area contributed by atoms with E-state index in [0.29, 0.717) is 6.04 Å². The van der Waals surface area contributed by atoms with Gasteiger partial charge in [-0.1, -0.05) is 44.2 Å². The van der Waals surface area contributed by atoms with E-state index in [9.17, 15) is 4.39 Å². The molecule has 1 fully saturated rings. The predicted octanol–water partition coefficient (Wildman–Crippen LogP) is 5.34. The molecule has 4 aromatic rings. The Morgan fingerprint density at radius 3 is 2.38 bits per heavy atom. The molecule has 1 aromatic carbocycles. The Bertz CT molecular complexity index is 1280. The van der Waals surface area contributed by atoms with E-state index in [2.05, 4.69) is 39.1 Å². The summed E-state index contributed by atoms with van der Waals surface area (Å²) in [6.07, 6.45) is 9.20. The van der Waals surface area contributed by atoms with Gasteiger partial charge in [0.05, 0.1) is 18.3 Å². The van der Waals surface area contributed by atoms with E-state index >= 15 is 0 Å². The average Bonchev–Trinajstić information content (AvgIpc) is 3.57. The summed E-state index contributed by atoms with van der Waals surface area (Å²) in [5.41, 5.74) is 3.91. The number of pyridine rings is 1. The third-order valence-corrected chi connectivity index (χ3v) is 6.04. The van der Waals surface area contributed by atoms with Crippen molar-refractivity contribution >= 4 is 5.82 Å². The maximum absolute atomic E-state index is 11.8. The van der Waals surface area contributed by atoms with Crippen LogP contribution < -0.4 is 10.6 Å². The second-order valence-corrected chi connectivity index (χ2v) is 9.10. The van der Waals surface area contributed by atoms with Gasteiger partial charge in [-0.15, -0.1) is 0 Å². The van der Waals surface area contributed by atoms with Crippen molar-refractivity contribution in [2.24, 2.45) is 0 Å². The van der Waals surface area contributed by atoms with Gasteiger partial charge in [0.2, 0.25) is 5.95 Å². The van der Waals surface area contributed by atoms with Gasteiger partial charge in [0.25, 0.3) is 0 Å². The van der Waals surface area contributed by atoms with Crippen LogP contribution in [0.15, 0.2) is 79.9 Å². The van der Waals surface area contributed by atoms with Crippen LogP contribution in [-0.4, -0.2) is 62.6 Å². The molecule has 0 saturated carbocycles. The molecule has 0 radical (unpaired) electrons. The summed E-state index contributed by atoms with van der Waals surface area (Å²) in [6.45, 7) is 12.5. The first-order chi connectivity index (χ1) is 19.5. The lowest BCUT2D eigenvalue weighted by atomic mass is 10.1. The summed E-state index contributed by atoms with van der Waals surface area (Å²) in [5.74, 6) is 1.30. The number of unbranched alkanes of at least 4 members (excludes halogenated alkanes) is 1. The molecule has 5 rings (SSSR count). The fourth-order valence-corrected chi connectivity index (χ4v) is 3.98. The van der Waals surface area contributed by atoms with Crippen LogP contribution in [-0.2, 0) is 4.84 Å². The van der Waals surface area contributed by atoms with Gasteiger partial charge in [0.1, 0.15) is 17.3 Å². The summed E-state index contributed by atoms with van der Waals surface area (Å²) in [7, 11) is 1.90. The number of hydrogen-bond acceptors (Lipinski definition) is 8. The number of para-hydroxylation sites is 1. The molecule has 1 saturated heterocycles. The number of rotatable bonds is 8. The molecule has 4 heterocycles. The summed E-state index contributed by atoms with van der Waals surface area (Å²) in [5, 5.41) is 13.1. The molecular weight excluding hydrogens is 507 g/mol. The van der Waals surface area contributed by atoms with E-state index in [4.69, 9.17) is 9.94 Å². The molecule has 1 atom stereocenters. The van der Waals surface area contributed by atoms with Gasteiger partial charge < -0.3 is 10.6 Å². The fourth-order valence-electron chi connectivity index (χ4n) is 3.98. The van der Waals surface area contributed by atoms with Crippen LogP contribution in [0.2, 0.25) is 0 Å². The van der Waals surface area contributed by atoms with Crippen molar-refractivity contribution in [3.63, 3.8) is 0 Å². The standard InChI is InChI=1S/C16H17N5.C9H18N2O.C5H4FN/c1-11-15(13-9-18-12(2)19-10-13)20-21(16(11)17-3)14-7-5-4-6-8-14;1-3-5-6-11-7-9(8-12-11)10-4-2;6-5-3-1-2-4-7-5/h4-10,17H,1-3H3;4,9-10H,2-3,5-8H2,1H3;1-4H/t;9-;/m.1./s1. The van der Waals surface area contributed by atoms with Crippen LogP contribution in [0.25, 0.3) is 16.9 Å². The third-order valence-electron chi connectivity index (χ3n) is 6.04. The van der Waals surface area contributed by atoms with E-state index in [1.807, 2.05) is 73.4 Å². The summed E-state index contributed by atoms with van der Waals surface area (Å²) >= 11 is 0. The highest BCUT2D eigenvalue weighted by Crippen LogP contribution is 2.29. The van der Waals surface area contributed by atoms with Crippen molar-refractivity contribution in [3.05, 3.63) is 97.2 Å². The zero-order valence-electron chi connectivity index (χ0n) is 23.7. The van der Waals surface area contributed by atoms with Crippen LogP contribution in [0.1, 0.15) is 31.2 Å². The van der Waals surface area contributed by atoms with Crippen molar-refractivity contribution in [3.8, 4) is 16.9 Å². The molecule has 3 aromatic heterocycles. The predicted molar refractivity (Wildman–Crippen MR) is 157 cm³/mol. The molecule has 1 aliphatic heterocycles. The lowest BCUT2D eigenvalue weighted by molar-refractivity contribution is -0.110. The highest BCUT2D eigenvalue weighted by atomic mass is 19.1. The van der Waals surface area contributed by atoms with Gasteiger partial charge >= 0.3 is 0 Å². The third kappa shape index (κ3) is 8.96. The van der Waals surface area contributed by atoms with Crippen LogP contribution in [0.5, 0.6) is 0 Å². The molecule has 2 N–H and O–H groups in total. The zero-order chi connectivity index (χ0) is 28.7. The summed E-state index contributed by atoms with van der Waals surface area (Å²) < 4.78 is 13.7. The van der Waals surface area contributed by atoms with Gasteiger partial charge in [-0.2, -0.15) is 14.6 Å². The number of nitrogens with zero attached hydrogens (tertiary/aromatic N) is 6. The SMILES string of the molecule is C=CN[C@H]1CON(CCCC)C1.CNc1c(C)c(-c2cnc(C)nc2)nn1-c1ccccc1.Fc1ccccn1. The molecule has 0 spiro atoms. The fraction of sp³-hybridized carbons (Fsp3) is 0.333. The number of hydrogen-bond donors (Lipinski definition) is 2. The molecule has 0 bridgehead atoms. The molecule has 212 valence electrons. The molecule has 0 aliphatic carbocycles. The van der Waals surface area contributed by atoms with E-state index in [0.717, 1.165) is 53.8 Å². The Kier molecular flexibility index (Phi) is 12.2. The second-order valence-electron chi connectivity index (χ2n) is 9.10. The number of anilines is 1. The maximum atomic E-state index is 11.8. The largest absolute Gasteiger partial charge is 0.385 e. The molecule has 40 heavy (non-hydrogen) atoms. The number of nitrogens with one attached hydrogen (secondary N) is 2.